The van der Waals surface area contributed by atoms with Gasteiger partial charge in [0.15, 0.2) is 11.5 Å². The van der Waals surface area contributed by atoms with Crippen molar-refractivity contribution >= 4 is 57.9 Å². The minimum Gasteiger partial charge on any atom is -0.493 e. The Morgan fingerprint density at radius 2 is 1.73 bits per heavy atom. The maximum absolute atomic E-state index is 12.7. The number of hydrogen-bond acceptors (Lipinski definition) is 5. The number of halogens is 2. The molecule has 0 radical (unpaired) electrons. The summed E-state index contributed by atoms with van der Waals surface area (Å²) in [5, 5.41) is 0.408. The number of carbonyl (C=O) groups is 2. The van der Waals surface area contributed by atoms with E-state index < -0.39 is 11.1 Å². The lowest BCUT2D eigenvalue weighted by Crippen LogP contribution is -2.27. The van der Waals surface area contributed by atoms with E-state index in [9.17, 15) is 9.59 Å². The number of thioether (sulfide) groups is 1. The van der Waals surface area contributed by atoms with Crippen LogP contribution in [0.25, 0.3) is 6.08 Å². The molecular weight excluding hydrogens is 397 g/mol. The van der Waals surface area contributed by atoms with Crippen molar-refractivity contribution in [2.75, 3.05) is 19.1 Å². The highest BCUT2D eigenvalue weighted by Crippen LogP contribution is 2.39. The van der Waals surface area contributed by atoms with Gasteiger partial charge < -0.3 is 9.47 Å². The summed E-state index contributed by atoms with van der Waals surface area (Å²) in [5.41, 5.74) is 0.961. The number of ether oxygens (including phenoxy) is 2. The molecule has 1 aliphatic rings. The van der Waals surface area contributed by atoms with Gasteiger partial charge in [0.2, 0.25) is 0 Å². The molecule has 0 spiro atoms. The Morgan fingerprint density at radius 3 is 2.38 bits per heavy atom. The molecular formula is C18H13Cl2NO4S. The number of rotatable bonds is 4. The number of anilines is 1. The van der Waals surface area contributed by atoms with Crippen LogP contribution in [0.4, 0.5) is 10.5 Å². The number of amides is 2. The first-order valence-corrected chi connectivity index (χ1v) is 8.97. The topological polar surface area (TPSA) is 55.8 Å². The average molecular weight is 410 g/mol. The third kappa shape index (κ3) is 3.53. The molecule has 0 aliphatic carbocycles. The van der Waals surface area contributed by atoms with E-state index in [-0.39, 0.29) is 4.91 Å². The Labute approximate surface area is 164 Å². The van der Waals surface area contributed by atoms with Crippen molar-refractivity contribution in [2.24, 2.45) is 0 Å². The fraction of sp³-hybridized carbons (Fsp3) is 0.111. The summed E-state index contributed by atoms with van der Waals surface area (Å²) in [7, 11) is 3.01. The van der Waals surface area contributed by atoms with Crippen LogP contribution >= 0.6 is 35.0 Å². The van der Waals surface area contributed by atoms with Crippen LogP contribution in [0.3, 0.4) is 0 Å². The maximum atomic E-state index is 12.7. The number of imide groups is 1. The Kier molecular flexibility index (Phi) is 5.46. The van der Waals surface area contributed by atoms with Gasteiger partial charge in [-0.1, -0.05) is 29.3 Å². The van der Waals surface area contributed by atoms with Crippen molar-refractivity contribution in [3.8, 4) is 11.5 Å². The van der Waals surface area contributed by atoms with Crippen molar-refractivity contribution < 1.29 is 19.1 Å². The molecule has 1 heterocycles. The van der Waals surface area contributed by atoms with E-state index in [0.717, 1.165) is 16.7 Å². The standard InChI is InChI=1S/C18H13Cl2NO4S/c1-24-14-6-10(13(20)9-15(14)25-2)7-16-17(22)21(18(23)26-16)12-5-3-4-11(19)8-12/h3-9H,1-2H3/b16-7+. The van der Waals surface area contributed by atoms with Crippen LogP contribution in [0.2, 0.25) is 10.0 Å². The summed E-state index contributed by atoms with van der Waals surface area (Å²) in [5.74, 6) is 0.506. The highest BCUT2D eigenvalue weighted by molar-refractivity contribution is 8.19. The number of hydrogen-bond donors (Lipinski definition) is 0. The average Bonchev–Trinajstić information content (AvgIpc) is 2.89. The fourth-order valence-corrected chi connectivity index (χ4v) is 3.65. The van der Waals surface area contributed by atoms with Gasteiger partial charge in [-0.05, 0) is 47.7 Å². The van der Waals surface area contributed by atoms with Gasteiger partial charge in [-0.2, -0.15) is 0 Å². The maximum Gasteiger partial charge on any atom is 0.298 e. The molecule has 2 amide bonds. The van der Waals surface area contributed by atoms with E-state index in [4.69, 9.17) is 32.7 Å². The smallest absolute Gasteiger partial charge is 0.298 e. The molecule has 1 fully saturated rings. The lowest BCUT2D eigenvalue weighted by atomic mass is 10.1. The largest absolute Gasteiger partial charge is 0.493 e. The first-order chi connectivity index (χ1) is 12.4. The van der Waals surface area contributed by atoms with Gasteiger partial charge in [0, 0.05) is 11.1 Å². The van der Waals surface area contributed by atoms with Gasteiger partial charge in [0.1, 0.15) is 0 Å². The molecule has 3 rings (SSSR count). The lowest BCUT2D eigenvalue weighted by molar-refractivity contribution is -0.113. The second kappa shape index (κ2) is 7.61. The Balaban J connectivity index is 1.98. The minimum atomic E-state index is -0.437. The molecule has 0 saturated carbocycles. The van der Waals surface area contributed by atoms with Crippen molar-refractivity contribution in [1.29, 1.82) is 0 Å². The summed E-state index contributed by atoms with van der Waals surface area (Å²) in [6.45, 7) is 0. The highest BCUT2D eigenvalue weighted by atomic mass is 35.5. The van der Waals surface area contributed by atoms with E-state index in [0.29, 0.717) is 32.8 Å². The Hall–Kier alpha value is -2.15. The molecule has 0 bridgehead atoms. The molecule has 0 unspecified atom stereocenters. The van der Waals surface area contributed by atoms with Crippen LogP contribution in [0.5, 0.6) is 11.5 Å². The first kappa shape index (κ1) is 18.6. The molecule has 0 aromatic heterocycles. The van der Waals surface area contributed by atoms with Gasteiger partial charge in [-0.15, -0.1) is 0 Å². The normalized spacial score (nSPS) is 15.7. The predicted octanol–water partition coefficient (Wildman–Crippen LogP) is 5.25. The van der Waals surface area contributed by atoms with Crippen LogP contribution in [0, 0.1) is 0 Å². The molecule has 5 nitrogen and oxygen atoms in total. The highest BCUT2D eigenvalue weighted by Gasteiger charge is 2.36. The van der Waals surface area contributed by atoms with E-state index in [1.807, 2.05) is 0 Å². The van der Waals surface area contributed by atoms with Gasteiger partial charge in [-0.3, -0.25) is 9.59 Å². The second-order valence-electron chi connectivity index (χ2n) is 5.23. The number of carbonyl (C=O) groups excluding carboxylic acids is 2. The van der Waals surface area contributed by atoms with Crippen molar-refractivity contribution in [2.45, 2.75) is 0 Å². The molecule has 8 heteroatoms. The molecule has 0 atom stereocenters. The van der Waals surface area contributed by atoms with Crippen LogP contribution in [-0.4, -0.2) is 25.4 Å². The summed E-state index contributed by atoms with van der Waals surface area (Å²) in [6, 6.07) is 9.79. The number of methoxy groups -OCH3 is 2. The second-order valence-corrected chi connectivity index (χ2v) is 7.06. The molecule has 2 aromatic rings. The summed E-state index contributed by atoms with van der Waals surface area (Å²) < 4.78 is 10.4. The third-order valence-electron chi connectivity index (χ3n) is 3.65. The van der Waals surface area contributed by atoms with Crippen LogP contribution in [0.15, 0.2) is 41.3 Å². The number of benzene rings is 2. The van der Waals surface area contributed by atoms with E-state index in [2.05, 4.69) is 0 Å². The van der Waals surface area contributed by atoms with Gasteiger partial charge >= 0.3 is 0 Å². The zero-order valence-electron chi connectivity index (χ0n) is 13.8. The Morgan fingerprint density at radius 1 is 1.04 bits per heavy atom. The molecule has 134 valence electrons. The zero-order chi connectivity index (χ0) is 18.8. The fourth-order valence-electron chi connectivity index (χ4n) is 2.43. The quantitative estimate of drug-likeness (QED) is 0.645. The number of nitrogens with zero attached hydrogens (tertiary/aromatic N) is 1. The SMILES string of the molecule is COc1cc(Cl)c(/C=C2/SC(=O)N(c3cccc(Cl)c3)C2=O)cc1OC. The zero-order valence-corrected chi connectivity index (χ0v) is 16.1. The molecule has 0 N–H and O–H groups in total. The van der Waals surface area contributed by atoms with Crippen LogP contribution < -0.4 is 14.4 Å². The molecule has 26 heavy (non-hydrogen) atoms. The monoisotopic (exact) mass is 409 g/mol. The Bertz CT molecular complexity index is 929. The van der Waals surface area contributed by atoms with E-state index >= 15 is 0 Å². The van der Waals surface area contributed by atoms with Crippen molar-refractivity contribution in [3.63, 3.8) is 0 Å². The lowest BCUT2D eigenvalue weighted by Gasteiger charge is -2.12. The van der Waals surface area contributed by atoms with Crippen LogP contribution in [-0.2, 0) is 4.79 Å². The van der Waals surface area contributed by atoms with Gasteiger partial charge in [-0.25, -0.2) is 4.90 Å². The molecule has 1 aliphatic heterocycles. The van der Waals surface area contributed by atoms with E-state index in [1.54, 1.807) is 42.5 Å². The van der Waals surface area contributed by atoms with E-state index in [1.165, 1.54) is 14.2 Å². The summed E-state index contributed by atoms with van der Waals surface area (Å²) in [6.07, 6.45) is 1.56. The van der Waals surface area contributed by atoms with Crippen molar-refractivity contribution in [3.05, 3.63) is 56.9 Å². The third-order valence-corrected chi connectivity index (χ3v) is 5.08. The van der Waals surface area contributed by atoms with Gasteiger partial charge in [0.05, 0.1) is 29.8 Å². The molecule has 2 aromatic carbocycles. The van der Waals surface area contributed by atoms with Crippen molar-refractivity contribution in [1.82, 2.24) is 0 Å². The summed E-state index contributed by atoms with van der Waals surface area (Å²) in [4.78, 5) is 26.3. The first-order valence-electron chi connectivity index (χ1n) is 7.39. The van der Waals surface area contributed by atoms with Gasteiger partial charge in [0.25, 0.3) is 11.1 Å². The van der Waals surface area contributed by atoms with Crippen LogP contribution in [0.1, 0.15) is 5.56 Å². The molecule has 1 saturated heterocycles. The predicted molar refractivity (Wildman–Crippen MR) is 104 cm³/mol. The summed E-state index contributed by atoms with van der Waals surface area (Å²) >= 11 is 13.0. The minimum absolute atomic E-state index is 0.254.